The van der Waals surface area contributed by atoms with Crippen LogP contribution in [0, 0.1) is 6.92 Å². The molecule has 1 rings (SSSR count). The van der Waals surface area contributed by atoms with E-state index in [0.29, 0.717) is 17.7 Å². The zero-order valence-electron chi connectivity index (χ0n) is 11.3. The molecule has 16 heavy (non-hydrogen) atoms. The van der Waals surface area contributed by atoms with Crippen molar-refractivity contribution in [1.29, 1.82) is 0 Å². The lowest BCUT2D eigenvalue weighted by Crippen LogP contribution is -2.14. The van der Waals surface area contributed by atoms with Crippen LogP contribution in [0.15, 0.2) is 23.3 Å². The van der Waals surface area contributed by atoms with Crippen LogP contribution in [0.3, 0.4) is 0 Å². The van der Waals surface area contributed by atoms with E-state index in [2.05, 4.69) is 5.16 Å². The van der Waals surface area contributed by atoms with Crippen LogP contribution in [-0.2, 0) is 4.74 Å². The van der Waals surface area contributed by atoms with Crippen molar-refractivity contribution < 1.29 is 17.4 Å². The van der Waals surface area contributed by atoms with E-state index < -0.39 is 0 Å². The third-order valence-electron chi connectivity index (χ3n) is 1.97. The fourth-order valence-corrected chi connectivity index (χ4v) is 1.14. The van der Waals surface area contributed by atoms with Crippen molar-refractivity contribution in [3.63, 3.8) is 0 Å². The van der Waals surface area contributed by atoms with Crippen molar-refractivity contribution in [2.75, 3.05) is 20.3 Å². The first-order chi connectivity index (χ1) is 8.52. The third-order valence-corrected chi connectivity index (χ3v) is 1.97. The molecule has 1 aromatic rings. The number of oxime groups is 1. The molecule has 0 aliphatic carbocycles. The highest BCUT2D eigenvalue weighted by molar-refractivity contribution is 5.98. The number of hydrogen-bond acceptors (Lipinski definition) is 4. The molecule has 3 N–H and O–H groups in total. The number of ether oxygens (including phenoxy) is 2. The maximum Gasteiger partial charge on any atom is 0.170 e. The van der Waals surface area contributed by atoms with E-state index in [0.717, 1.165) is 0 Å². The lowest BCUT2D eigenvalue weighted by atomic mass is 10.1. The summed E-state index contributed by atoms with van der Waals surface area (Å²) in [7, 11) is 1.54. The van der Waals surface area contributed by atoms with Gasteiger partial charge in [0.15, 0.2) is 5.84 Å². The quantitative estimate of drug-likeness (QED) is 0.259. The van der Waals surface area contributed by atoms with Crippen LogP contribution in [0.2, 0.25) is 0 Å². The first-order valence-corrected chi connectivity index (χ1v) is 4.73. The Morgan fingerprint density at radius 3 is 3.00 bits per heavy atom. The van der Waals surface area contributed by atoms with Crippen LogP contribution in [0.5, 0.6) is 5.75 Å². The van der Waals surface area contributed by atoms with Crippen LogP contribution in [-0.4, -0.2) is 31.4 Å². The molecule has 0 saturated heterocycles. The Morgan fingerprint density at radius 1 is 1.62 bits per heavy atom. The topological polar surface area (TPSA) is 77.1 Å². The Bertz CT molecular complexity index is 464. The highest BCUT2D eigenvalue weighted by atomic mass is 16.5. The molecule has 5 nitrogen and oxygen atoms in total. The molecule has 0 spiro atoms. The van der Waals surface area contributed by atoms with Gasteiger partial charge in [0, 0.05) is 12.7 Å². The fourth-order valence-electron chi connectivity index (χ4n) is 1.14. The molecule has 0 fully saturated rings. The Hall–Kier alpha value is -1.75. The highest BCUT2D eigenvalue weighted by Gasteiger charge is 2.04. The van der Waals surface area contributed by atoms with Gasteiger partial charge in [-0.25, -0.2) is 0 Å². The molecule has 0 bridgehead atoms. The van der Waals surface area contributed by atoms with Crippen LogP contribution in [0.1, 0.15) is 13.9 Å². The summed E-state index contributed by atoms with van der Waals surface area (Å²) in [5, 5.41) is 11.5. The van der Waals surface area contributed by atoms with Crippen molar-refractivity contribution >= 4 is 5.84 Å². The summed E-state index contributed by atoms with van der Waals surface area (Å²) in [5.74, 6) is 0.0389. The number of nitrogens with zero attached hydrogens (tertiary/aromatic N) is 1. The molecule has 88 valence electrons. The van der Waals surface area contributed by atoms with Gasteiger partial charge >= 0.3 is 0 Å². The monoisotopic (exact) mass is 226 g/mol. The molecule has 0 aliphatic rings. The van der Waals surface area contributed by atoms with Crippen molar-refractivity contribution in [2.45, 2.75) is 6.92 Å². The summed E-state index contributed by atoms with van der Waals surface area (Å²) in [6.45, 7) is 2.29. The van der Waals surface area contributed by atoms with Crippen molar-refractivity contribution in [1.82, 2.24) is 0 Å². The minimum Gasteiger partial charge on any atom is -0.491 e. The van der Waals surface area contributed by atoms with Gasteiger partial charge in [0.25, 0.3) is 0 Å². The van der Waals surface area contributed by atoms with Gasteiger partial charge in [-0.2, -0.15) is 0 Å². The zero-order chi connectivity index (χ0) is 13.7. The second-order valence-corrected chi connectivity index (χ2v) is 3.11. The Kier molecular flexibility index (Phi) is 3.53. The molecule has 1 aromatic carbocycles. The van der Waals surface area contributed by atoms with E-state index in [-0.39, 0.29) is 30.3 Å². The van der Waals surface area contributed by atoms with Crippen molar-refractivity contribution in [3.8, 4) is 5.75 Å². The van der Waals surface area contributed by atoms with Gasteiger partial charge in [0.1, 0.15) is 12.4 Å². The summed E-state index contributed by atoms with van der Waals surface area (Å²) in [6, 6.07) is 1.48. The third kappa shape index (κ3) is 3.13. The van der Waals surface area contributed by atoms with E-state index in [1.54, 1.807) is 14.0 Å². The first kappa shape index (κ1) is 9.47. The van der Waals surface area contributed by atoms with E-state index in [1.165, 1.54) is 6.07 Å². The molecular weight excluding hydrogens is 208 g/mol. The number of hydrogen-bond donors (Lipinski definition) is 2. The lowest BCUT2D eigenvalue weighted by Gasteiger charge is -2.08. The Labute approximate surface area is 97.3 Å². The molecule has 0 aliphatic heterocycles. The highest BCUT2D eigenvalue weighted by Crippen LogP contribution is 2.17. The van der Waals surface area contributed by atoms with Crippen LogP contribution in [0.4, 0.5) is 0 Å². The van der Waals surface area contributed by atoms with Crippen LogP contribution in [0.25, 0.3) is 0 Å². The molecular formula is C11H16N2O3. The number of nitrogens with two attached hydrogens (primary N) is 1. The zero-order valence-corrected chi connectivity index (χ0v) is 9.28. The molecule has 0 unspecified atom stereocenters. The van der Waals surface area contributed by atoms with Crippen LogP contribution >= 0.6 is 0 Å². The lowest BCUT2D eigenvalue weighted by molar-refractivity contribution is 0.146. The normalized spacial score (nSPS) is 13.2. The maximum absolute atomic E-state index is 8.63. The van der Waals surface area contributed by atoms with Gasteiger partial charge in [0.05, 0.1) is 9.35 Å². The van der Waals surface area contributed by atoms with Gasteiger partial charge in [-0.1, -0.05) is 5.16 Å². The molecule has 0 saturated carbocycles. The summed E-state index contributed by atoms with van der Waals surface area (Å²) < 4.78 is 25.8. The number of methoxy groups -OCH3 is 1. The van der Waals surface area contributed by atoms with Gasteiger partial charge in [-0.3, -0.25) is 0 Å². The molecule has 0 atom stereocenters. The summed E-state index contributed by atoms with van der Waals surface area (Å²) in [6.07, 6.45) is 0. The largest absolute Gasteiger partial charge is 0.491 e. The number of amidine groups is 1. The Balaban J connectivity index is 3.13. The SMILES string of the molecule is [2H]c1cc(C(N)=NO)c(C)c([2H])c1OCCOC. The predicted molar refractivity (Wildman–Crippen MR) is 61.1 cm³/mol. The minimum atomic E-state index is -0.127. The van der Waals surface area contributed by atoms with Gasteiger partial charge in [-0.15, -0.1) is 0 Å². The molecule has 0 amide bonds. The second-order valence-electron chi connectivity index (χ2n) is 3.11. The van der Waals surface area contributed by atoms with Gasteiger partial charge < -0.3 is 20.4 Å². The van der Waals surface area contributed by atoms with Crippen molar-refractivity contribution in [3.05, 3.63) is 29.3 Å². The molecule has 5 heteroatoms. The first-order valence-electron chi connectivity index (χ1n) is 5.73. The second kappa shape index (κ2) is 5.97. The van der Waals surface area contributed by atoms with Gasteiger partial charge in [-0.05, 0) is 30.6 Å². The average molecular weight is 226 g/mol. The summed E-state index contributed by atoms with van der Waals surface area (Å²) in [5.41, 5.74) is 6.32. The summed E-state index contributed by atoms with van der Waals surface area (Å²) >= 11 is 0. The fraction of sp³-hybridized carbons (Fsp3) is 0.364. The van der Waals surface area contributed by atoms with E-state index in [1.807, 2.05) is 0 Å². The smallest absolute Gasteiger partial charge is 0.170 e. The minimum absolute atomic E-state index is 0.0169. The maximum atomic E-state index is 8.63. The average Bonchev–Trinajstić information content (AvgIpc) is 2.37. The standard InChI is InChI=1S/C11H16N2O3/c1-8-7-9(16-6-5-15-2)3-4-10(8)11(12)13-14/h3-4,7,14H,5-6H2,1-2H3,(H2,12,13)/i3D,7D. The van der Waals surface area contributed by atoms with E-state index in [9.17, 15) is 0 Å². The number of benzene rings is 1. The van der Waals surface area contributed by atoms with E-state index in [4.69, 9.17) is 23.2 Å². The summed E-state index contributed by atoms with van der Waals surface area (Å²) in [4.78, 5) is 0. The van der Waals surface area contributed by atoms with E-state index >= 15 is 0 Å². The van der Waals surface area contributed by atoms with Crippen molar-refractivity contribution in [2.24, 2.45) is 10.9 Å². The molecule has 0 heterocycles. The number of rotatable bonds is 5. The molecule has 0 radical (unpaired) electrons. The predicted octanol–water partition coefficient (Wildman–Crippen LogP) is 1.11. The Morgan fingerprint density at radius 2 is 2.38 bits per heavy atom. The van der Waals surface area contributed by atoms with Gasteiger partial charge in [0.2, 0.25) is 0 Å². The molecule has 0 aromatic heterocycles. The van der Waals surface area contributed by atoms with Crippen LogP contribution < -0.4 is 10.5 Å².